The first-order valence-electron chi connectivity index (χ1n) is 21.3. The van der Waals surface area contributed by atoms with Crippen molar-refractivity contribution >= 4 is 57.5 Å². The predicted octanol–water partition coefficient (Wildman–Crippen LogP) is 3.98. The Kier molecular flexibility index (Phi) is 12.0. The van der Waals surface area contributed by atoms with Gasteiger partial charge in [-0.25, -0.2) is 14.4 Å². The van der Waals surface area contributed by atoms with Gasteiger partial charge >= 0.3 is 0 Å². The highest BCUT2D eigenvalue weighted by Gasteiger charge is 2.42. The molecule has 0 aliphatic carbocycles. The lowest BCUT2D eigenvalue weighted by Crippen LogP contribution is -2.52. The van der Waals surface area contributed by atoms with E-state index < -0.39 is 23.8 Å². The number of piperidine rings is 2. The van der Waals surface area contributed by atoms with Crippen LogP contribution in [-0.4, -0.2) is 119 Å². The van der Waals surface area contributed by atoms with Gasteiger partial charge in [-0.05, 0) is 91.7 Å². The monoisotopic (exact) mass is 860 g/mol. The maximum absolute atomic E-state index is 14.4. The van der Waals surface area contributed by atoms with Crippen molar-refractivity contribution in [1.82, 2.24) is 35.3 Å². The number of carbonyl (C=O) groups excluding carboxylic acids is 5. The summed E-state index contributed by atoms with van der Waals surface area (Å²) >= 11 is 1.27. The van der Waals surface area contributed by atoms with Gasteiger partial charge in [0.25, 0.3) is 11.8 Å². The fraction of sp³-hybridized carbons (Fsp3) is 0.400. The standard InChI is InChI=1S/C45H49FN10O5S/c46-33-3-1-2-30(22-33)41(43(60)52-45-47-14-21-62-45)56-26-37-35(44(56)61)23-32(25-48-37)31-6-10-38(49-24-31)54-17-19-55(20-18-54)40(58)27-53-15-12-29(13-16-53)28-4-7-34(8-5-28)50-36-9-11-39(57)51-42(36)59/h1-8,10,14,21-22,24,29,32,36,41,48,50H,9,11-13,15-20,23,25-27H2,(H,47,52,60)(H,51,57,59). The van der Waals surface area contributed by atoms with Gasteiger partial charge in [-0.1, -0.05) is 30.3 Å². The third-order valence-electron chi connectivity index (χ3n) is 12.7. The topological polar surface area (TPSA) is 172 Å². The number of anilines is 3. The Labute approximate surface area is 362 Å². The number of benzene rings is 2. The van der Waals surface area contributed by atoms with Crippen molar-refractivity contribution in [3.8, 4) is 0 Å². The van der Waals surface area contributed by atoms with Crippen molar-refractivity contribution in [3.63, 3.8) is 0 Å². The van der Waals surface area contributed by atoms with Crippen molar-refractivity contribution in [2.45, 2.75) is 56.0 Å². The van der Waals surface area contributed by atoms with Crippen LogP contribution in [0.25, 0.3) is 0 Å². The van der Waals surface area contributed by atoms with Crippen molar-refractivity contribution in [2.75, 3.05) is 74.4 Å². The highest BCUT2D eigenvalue weighted by atomic mass is 32.1. The van der Waals surface area contributed by atoms with Crippen LogP contribution in [0.4, 0.5) is 21.0 Å². The minimum absolute atomic E-state index is 0.00906. The molecule has 62 heavy (non-hydrogen) atoms. The number of imide groups is 1. The number of hydrogen-bond donors (Lipinski definition) is 4. The van der Waals surface area contributed by atoms with E-state index in [0.717, 1.165) is 48.7 Å². The molecule has 3 fully saturated rings. The second-order valence-corrected chi connectivity index (χ2v) is 17.5. The van der Waals surface area contributed by atoms with Gasteiger partial charge in [0.1, 0.15) is 23.7 Å². The zero-order chi connectivity index (χ0) is 42.7. The normalized spacial score (nSPS) is 21.6. The Morgan fingerprint density at radius 3 is 2.40 bits per heavy atom. The Balaban J connectivity index is 0.733. The van der Waals surface area contributed by atoms with E-state index in [4.69, 9.17) is 4.98 Å². The number of piperazine rings is 1. The molecule has 2 aromatic heterocycles. The molecular formula is C45H49FN10O5S. The number of halogens is 1. The zero-order valence-electron chi connectivity index (χ0n) is 34.2. The summed E-state index contributed by atoms with van der Waals surface area (Å²) in [6.07, 6.45) is 6.70. The van der Waals surface area contributed by atoms with Gasteiger partial charge in [-0.3, -0.25) is 39.5 Å². The highest BCUT2D eigenvalue weighted by Crippen LogP contribution is 2.38. The van der Waals surface area contributed by atoms with Crippen LogP contribution in [0.5, 0.6) is 0 Å². The lowest BCUT2D eigenvalue weighted by Gasteiger charge is -2.37. The van der Waals surface area contributed by atoms with Gasteiger partial charge in [0, 0.05) is 79.8 Å². The van der Waals surface area contributed by atoms with E-state index in [1.54, 1.807) is 17.6 Å². The third-order valence-corrected chi connectivity index (χ3v) is 13.4. The highest BCUT2D eigenvalue weighted by molar-refractivity contribution is 7.13. The minimum atomic E-state index is -1.04. The minimum Gasteiger partial charge on any atom is -0.386 e. The summed E-state index contributed by atoms with van der Waals surface area (Å²) in [5, 5.41) is 14.0. The van der Waals surface area contributed by atoms with E-state index in [9.17, 15) is 28.4 Å². The molecule has 322 valence electrons. The number of rotatable bonds is 11. The number of nitrogens with zero attached hydrogens (tertiary/aromatic N) is 6. The van der Waals surface area contributed by atoms with Crippen molar-refractivity contribution in [2.24, 2.45) is 0 Å². The number of thiazole rings is 1. The van der Waals surface area contributed by atoms with Gasteiger partial charge in [-0.15, -0.1) is 11.3 Å². The molecule has 5 aliphatic heterocycles. The summed E-state index contributed by atoms with van der Waals surface area (Å²) in [7, 11) is 0. The quantitative estimate of drug-likeness (QED) is 0.161. The summed E-state index contributed by atoms with van der Waals surface area (Å²) in [5.41, 5.74) is 4.89. The van der Waals surface area contributed by atoms with E-state index in [2.05, 4.69) is 54.3 Å². The molecular weight excluding hydrogens is 812 g/mol. The zero-order valence-corrected chi connectivity index (χ0v) is 35.0. The molecule has 4 N–H and O–H groups in total. The van der Waals surface area contributed by atoms with Crippen LogP contribution in [0.1, 0.15) is 66.7 Å². The predicted molar refractivity (Wildman–Crippen MR) is 232 cm³/mol. The Bertz CT molecular complexity index is 2340. The first kappa shape index (κ1) is 41.2. The van der Waals surface area contributed by atoms with Crippen LogP contribution in [0.15, 0.2) is 89.7 Å². The third kappa shape index (κ3) is 9.04. The molecule has 2 aromatic carbocycles. The number of carbonyl (C=O) groups is 5. The van der Waals surface area contributed by atoms with Crippen LogP contribution in [0.2, 0.25) is 0 Å². The average Bonchev–Trinajstić information content (AvgIpc) is 3.92. The maximum Gasteiger partial charge on any atom is 0.253 e. The second-order valence-electron chi connectivity index (χ2n) is 16.6. The van der Waals surface area contributed by atoms with Crippen LogP contribution in [0, 0.1) is 5.82 Å². The number of pyridine rings is 1. The Morgan fingerprint density at radius 1 is 0.903 bits per heavy atom. The van der Waals surface area contributed by atoms with E-state index in [-0.39, 0.29) is 36.1 Å². The van der Waals surface area contributed by atoms with Crippen molar-refractivity contribution < 1.29 is 28.4 Å². The van der Waals surface area contributed by atoms with E-state index in [1.807, 2.05) is 29.3 Å². The molecule has 3 saturated heterocycles. The first-order valence-corrected chi connectivity index (χ1v) is 22.2. The molecule has 3 unspecified atom stereocenters. The number of hydrogen-bond acceptors (Lipinski definition) is 12. The lowest BCUT2D eigenvalue weighted by atomic mass is 9.89. The molecule has 15 nitrogen and oxygen atoms in total. The van der Waals surface area contributed by atoms with Crippen LogP contribution < -0.4 is 26.2 Å². The van der Waals surface area contributed by atoms with E-state index in [0.29, 0.717) is 80.7 Å². The molecule has 3 atom stereocenters. The van der Waals surface area contributed by atoms with Gasteiger partial charge in [-0.2, -0.15) is 0 Å². The molecule has 0 saturated carbocycles. The van der Waals surface area contributed by atoms with Gasteiger partial charge in [0.15, 0.2) is 5.13 Å². The van der Waals surface area contributed by atoms with Crippen LogP contribution in [0.3, 0.4) is 0 Å². The number of aromatic nitrogens is 2. The molecule has 5 amide bonds. The SMILES string of the molecule is O=C1CCC(Nc2ccc(C3CCN(CC(=O)N4CCN(c5ccc(C6CNC7=C(C6)C(=O)N(C(C(=O)Nc6nccs6)c6cccc(F)c6)C7)cn5)CC4)CC3)cc2)C(=O)N1. The Hall–Kier alpha value is -6.20. The average molecular weight is 861 g/mol. The van der Waals surface area contributed by atoms with Gasteiger partial charge in [0.05, 0.1) is 13.1 Å². The lowest BCUT2D eigenvalue weighted by molar-refractivity contribution is -0.134. The van der Waals surface area contributed by atoms with Crippen LogP contribution in [-0.2, 0) is 24.0 Å². The van der Waals surface area contributed by atoms with E-state index >= 15 is 0 Å². The molecule has 5 aliphatic rings. The summed E-state index contributed by atoms with van der Waals surface area (Å²) in [5.74, 6) is -0.314. The van der Waals surface area contributed by atoms with Gasteiger partial charge < -0.3 is 25.3 Å². The molecule has 0 spiro atoms. The summed E-state index contributed by atoms with van der Waals surface area (Å²) in [6, 6.07) is 16.6. The summed E-state index contributed by atoms with van der Waals surface area (Å²) in [6.45, 7) is 5.54. The smallest absolute Gasteiger partial charge is 0.253 e. The van der Waals surface area contributed by atoms with E-state index in [1.165, 1.54) is 40.0 Å². The first-order chi connectivity index (χ1) is 30.1. The molecule has 17 heteroatoms. The molecule has 0 radical (unpaired) electrons. The summed E-state index contributed by atoms with van der Waals surface area (Å²) < 4.78 is 14.4. The van der Waals surface area contributed by atoms with Crippen molar-refractivity contribution in [3.05, 3.63) is 112 Å². The van der Waals surface area contributed by atoms with Crippen LogP contribution >= 0.6 is 11.3 Å². The molecule has 0 bridgehead atoms. The fourth-order valence-electron chi connectivity index (χ4n) is 9.24. The number of amides is 5. The second kappa shape index (κ2) is 18.0. The molecule has 4 aromatic rings. The summed E-state index contributed by atoms with van der Waals surface area (Å²) in [4.78, 5) is 81.4. The molecule has 9 rings (SSSR count). The fourth-order valence-corrected chi connectivity index (χ4v) is 9.77. The largest absolute Gasteiger partial charge is 0.386 e. The molecule has 7 heterocycles. The maximum atomic E-state index is 14.4. The number of likely N-dealkylation sites (tertiary alicyclic amines) is 1. The van der Waals surface area contributed by atoms with Crippen molar-refractivity contribution in [1.29, 1.82) is 0 Å². The van der Waals surface area contributed by atoms with Gasteiger partial charge in [0.2, 0.25) is 17.7 Å². The Morgan fingerprint density at radius 2 is 1.69 bits per heavy atom. The number of nitrogens with one attached hydrogen (secondary N) is 4.